The quantitative estimate of drug-likeness (QED) is 0.246. The Morgan fingerprint density at radius 1 is 0.976 bits per heavy atom. The van der Waals surface area contributed by atoms with Crippen molar-refractivity contribution < 1.29 is 14.3 Å². The second-order valence-electron chi connectivity index (χ2n) is 9.71. The molecule has 41 heavy (non-hydrogen) atoms. The molecule has 1 aliphatic heterocycles. The van der Waals surface area contributed by atoms with Gasteiger partial charge in [-0.1, -0.05) is 96.3 Å². The molecule has 0 bridgehead atoms. The van der Waals surface area contributed by atoms with E-state index in [1.165, 1.54) is 16.7 Å². The third-order valence-electron chi connectivity index (χ3n) is 7.06. The lowest BCUT2D eigenvalue weighted by molar-refractivity contribution is -0.139. The van der Waals surface area contributed by atoms with Crippen molar-refractivity contribution in [1.82, 2.24) is 4.57 Å². The fraction of sp³-hybridized carbons (Fsp3) is 0.147. The van der Waals surface area contributed by atoms with Gasteiger partial charge in [-0.2, -0.15) is 0 Å². The zero-order valence-corrected chi connectivity index (χ0v) is 23.6. The first-order valence-electron chi connectivity index (χ1n) is 13.5. The lowest BCUT2D eigenvalue weighted by Crippen LogP contribution is -2.39. The van der Waals surface area contributed by atoms with Crippen LogP contribution in [-0.2, 0) is 16.1 Å². The zero-order valence-electron chi connectivity index (χ0n) is 22.7. The third-order valence-corrected chi connectivity index (χ3v) is 8.05. The van der Waals surface area contributed by atoms with Crippen LogP contribution in [0.5, 0.6) is 5.75 Å². The molecule has 0 radical (unpaired) electrons. The first-order chi connectivity index (χ1) is 20.0. The van der Waals surface area contributed by atoms with E-state index in [2.05, 4.69) is 29.3 Å². The minimum atomic E-state index is -0.621. The molecule has 4 aromatic carbocycles. The largest absolute Gasteiger partial charge is 0.489 e. The molecule has 0 aliphatic carbocycles. The molecule has 2 heterocycles. The Hall–Kier alpha value is -4.75. The molecule has 0 N–H and O–H groups in total. The number of aromatic nitrogens is 1. The van der Waals surface area contributed by atoms with E-state index < -0.39 is 12.0 Å². The Morgan fingerprint density at radius 3 is 2.56 bits per heavy atom. The Bertz CT molecular complexity index is 1970. The summed E-state index contributed by atoms with van der Waals surface area (Å²) in [7, 11) is 0. The summed E-state index contributed by atoms with van der Waals surface area (Å²) in [5.74, 6) is 0.245. The molecule has 1 aliphatic rings. The molecule has 1 atom stereocenters. The number of hydrogen-bond acceptors (Lipinski definition) is 6. The van der Waals surface area contributed by atoms with Gasteiger partial charge in [0.2, 0.25) is 0 Å². The zero-order chi connectivity index (χ0) is 28.3. The summed E-state index contributed by atoms with van der Waals surface area (Å²) in [4.78, 5) is 32.0. The monoisotopic (exact) mass is 560 g/mol. The predicted octanol–water partition coefficient (Wildman–Crippen LogP) is 5.53. The first-order valence-corrected chi connectivity index (χ1v) is 14.3. The smallest absolute Gasteiger partial charge is 0.338 e. The Kier molecular flexibility index (Phi) is 7.35. The molecule has 6 rings (SSSR count). The lowest BCUT2D eigenvalue weighted by Gasteiger charge is -2.24. The van der Waals surface area contributed by atoms with Crippen molar-refractivity contribution in [3.63, 3.8) is 0 Å². The first kappa shape index (κ1) is 26.5. The molecule has 0 saturated heterocycles. The van der Waals surface area contributed by atoms with E-state index in [9.17, 15) is 9.59 Å². The van der Waals surface area contributed by atoms with Crippen LogP contribution in [0.15, 0.2) is 118 Å². The van der Waals surface area contributed by atoms with E-state index in [1.807, 2.05) is 78.9 Å². The minimum absolute atomic E-state index is 0.209. The van der Waals surface area contributed by atoms with Crippen molar-refractivity contribution in [2.24, 2.45) is 4.99 Å². The van der Waals surface area contributed by atoms with Gasteiger partial charge >= 0.3 is 5.97 Å². The average molecular weight is 561 g/mol. The average Bonchev–Trinajstić information content (AvgIpc) is 3.29. The van der Waals surface area contributed by atoms with Crippen molar-refractivity contribution in [2.45, 2.75) is 26.5 Å². The van der Waals surface area contributed by atoms with Crippen molar-refractivity contribution in [3.8, 4) is 5.75 Å². The third kappa shape index (κ3) is 5.24. The molecule has 0 amide bonds. The van der Waals surface area contributed by atoms with Crippen molar-refractivity contribution in [3.05, 3.63) is 145 Å². The minimum Gasteiger partial charge on any atom is -0.489 e. The van der Waals surface area contributed by atoms with Crippen molar-refractivity contribution >= 4 is 34.2 Å². The van der Waals surface area contributed by atoms with Gasteiger partial charge in [-0.15, -0.1) is 0 Å². The van der Waals surface area contributed by atoms with Crippen LogP contribution in [0.3, 0.4) is 0 Å². The topological polar surface area (TPSA) is 69.9 Å². The van der Waals surface area contributed by atoms with E-state index in [-0.39, 0.29) is 12.2 Å². The normalized spacial score (nSPS) is 15.0. The summed E-state index contributed by atoms with van der Waals surface area (Å²) in [6.07, 6.45) is 1.85. The molecule has 6 nitrogen and oxygen atoms in total. The highest BCUT2D eigenvalue weighted by Gasteiger charge is 2.33. The van der Waals surface area contributed by atoms with Gasteiger partial charge in [-0.25, -0.2) is 9.79 Å². The summed E-state index contributed by atoms with van der Waals surface area (Å²) < 4.78 is 13.7. The van der Waals surface area contributed by atoms with Gasteiger partial charge in [0.25, 0.3) is 5.56 Å². The molecular weight excluding hydrogens is 532 g/mol. The second-order valence-corrected chi connectivity index (χ2v) is 10.7. The summed E-state index contributed by atoms with van der Waals surface area (Å²) in [6, 6.07) is 31.0. The number of carbonyl (C=O) groups is 1. The summed E-state index contributed by atoms with van der Waals surface area (Å²) in [5, 5.41) is 2.34. The predicted molar refractivity (Wildman–Crippen MR) is 162 cm³/mol. The molecule has 0 spiro atoms. The Balaban J connectivity index is 1.36. The fourth-order valence-electron chi connectivity index (χ4n) is 5.17. The molecule has 0 fully saturated rings. The van der Waals surface area contributed by atoms with Crippen LogP contribution in [0.1, 0.15) is 36.6 Å². The van der Waals surface area contributed by atoms with Gasteiger partial charge in [0, 0.05) is 0 Å². The molecule has 204 valence electrons. The van der Waals surface area contributed by atoms with Crippen LogP contribution in [0.2, 0.25) is 0 Å². The van der Waals surface area contributed by atoms with Crippen LogP contribution in [0.4, 0.5) is 0 Å². The van der Waals surface area contributed by atoms with E-state index in [0.717, 1.165) is 22.1 Å². The van der Waals surface area contributed by atoms with E-state index in [1.54, 1.807) is 18.4 Å². The van der Waals surface area contributed by atoms with Crippen LogP contribution < -0.4 is 19.6 Å². The van der Waals surface area contributed by atoms with Gasteiger partial charge in [0.1, 0.15) is 12.4 Å². The van der Waals surface area contributed by atoms with Gasteiger partial charge in [0.15, 0.2) is 4.80 Å². The number of fused-ring (bicyclic) bond motifs is 2. The van der Waals surface area contributed by atoms with Crippen LogP contribution in [0, 0.1) is 0 Å². The molecule has 0 unspecified atom stereocenters. The maximum Gasteiger partial charge on any atom is 0.338 e. The number of esters is 1. The molecule has 0 saturated carbocycles. The van der Waals surface area contributed by atoms with Gasteiger partial charge in [0.05, 0.1) is 28.5 Å². The fourth-order valence-corrected chi connectivity index (χ4v) is 6.21. The van der Waals surface area contributed by atoms with Crippen LogP contribution in [0.25, 0.3) is 16.8 Å². The van der Waals surface area contributed by atoms with Crippen LogP contribution in [-0.4, -0.2) is 17.1 Å². The molecular formula is C34H28N2O4S. The molecule has 1 aromatic heterocycles. The second kappa shape index (κ2) is 11.4. The maximum atomic E-state index is 13.8. The van der Waals surface area contributed by atoms with E-state index in [4.69, 9.17) is 9.47 Å². The maximum absolute atomic E-state index is 13.8. The Labute approximate surface area is 241 Å². The molecule has 7 heteroatoms. The number of benzene rings is 4. The van der Waals surface area contributed by atoms with Crippen molar-refractivity contribution in [2.75, 3.05) is 6.61 Å². The number of rotatable bonds is 7. The number of allylic oxidation sites excluding steroid dienone is 1. The highest BCUT2D eigenvalue weighted by molar-refractivity contribution is 7.07. The van der Waals surface area contributed by atoms with Crippen molar-refractivity contribution in [1.29, 1.82) is 0 Å². The lowest BCUT2D eigenvalue weighted by atomic mass is 9.96. The number of hydrogen-bond donors (Lipinski definition) is 0. The highest BCUT2D eigenvalue weighted by atomic mass is 32.1. The van der Waals surface area contributed by atoms with E-state index >= 15 is 0 Å². The van der Waals surface area contributed by atoms with Gasteiger partial charge in [-0.3, -0.25) is 9.36 Å². The number of carbonyl (C=O) groups excluding carboxylic acids is 1. The Morgan fingerprint density at radius 2 is 1.73 bits per heavy atom. The van der Waals surface area contributed by atoms with E-state index in [0.29, 0.717) is 33.0 Å². The summed E-state index contributed by atoms with van der Waals surface area (Å²) >= 11 is 1.30. The summed E-state index contributed by atoms with van der Waals surface area (Å²) in [6.45, 7) is 4.22. The standard InChI is InChI=1S/C34H28N2O4S/c1-3-39-33(38)30-22(2)35-34-36(31(30)25-13-5-4-6-14-25)32(37)29(41-34)20-23-11-9-17-27(19-23)40-21-26-16-10-15-24-12-7-8-18-28(24)26/h4-20,31H,3,21H2,1-2H3/t31-/m1/s1. The highest BCUT2D eigenvalue weighted by Crippen LogP contribution is 2.30. The molecule has 5 aromatic rings. The SMILES string of the molecule is CCOC(=O)C1=C(C)N=c2sc(=Cc3cccc(OCc4cccc5ccccc45)c3)c(=O)n2[C@@H]1c1ccccc1. The van der Waals surface area contributed by atoms with Gasteiger partial charge < -0.3 is 9.47 Å². The van der Waals surface area contributed by atoms with Crippen LogP contribution >= 0.6 is 11.3 Å². The van der Waals surface area contributed by atoms with Gasteiger partial charge in [-0.05, 0) is 59.5 Å². The number of thiazole rings is 1. The summed E-state index contributed by atoms with van der Waals surface area (Å²) in [5.41, 5.74) is 3.48. The number of ether oxygens (including phenoxy) is 2. The number of nitrogens with zero attached hydrogens (tertiary/aromatic N) is 2.